The van der Waals surface area contributed by atoms with Crippen LogP contribution in [-0.2, 0) is 26.2 Å². The van der Waals surface area contributed by atoms with Gasteiger partial charge in [-0.25, -0.2) is 8.42 Å². The molecule has 0 aromatic heterocycles. The number of amides is 2. The van der Waals surface area contributed by atoms with E-state index in [9.17, 15) is 18.0 Å². The fraction of sp³-hybridized carbons (Fsp3) is 0.333. The molecule has 0 radical (unpaired) electrons. The molecule has 0 aliphatic rings. The molecule has 0 bridgehead atoms. The van der Waals surface area contributed by atoms with Crippen LogP contribution in [0, 0.1) is 12.8 Å². The summed E-state index contributed by atoms with van der Waals surface area (Å²) in [6.45, 7) is 7.15. The highest BCUT2D eigenvalue weighted by atomic mass is 35.5. The summed E-state index contributed by atoms with van der Waals surface area (Å²) in [5, 5.41) is 3.59. The van der Waals surface area contributed by atoms with Crippen molar-refractivity contribution in [2.75, 3.05) is 24.5 Å². The van der Waals surface area contributed by atoms with E-state index >= 15 is 0 Å². The molecule has 3 rings (SSSR count). The third-order valence-corrected chi connectivity index (χ3v) is 8.81. The maximum atomic E-state index is 14.1. The lowest BCUT2D eigenvalue weighted by atomic mass is 10.1. The fourth-order valence-corrected chi connectivity index (χ4v) is 5.95. The fourth-order valence-electron chi connectivity index (χ4n) is 4.06. The smallest absolute Gasteiger partial charge is 0.264 e. The topological polar surface area (TPSA) is 96.0 Å². The van der Waals surface area contributed by atoms with Crippen LogP contribution in [0.4, 0.5) is 5.69 Å². The SMILES string of the molecule is COc1ccccc1N(CC(=O)N(Cc1ccc(Cl)cc1Cl)C(C)C(=O)NCC(C)C)S(=O)(=O)c1ccc(C)cc1. The van der Waals surface area contributed by atoms with Crippen LogP contribution in [0.3, 0.4) is 0 Å². The van der Waals surface area contributed by atoms with Crippen LogP contribution < -0.4 is 14.4 Å². The molecule has 220 valence electrons. The van der Waals surface area contributed by atoms with E-state index in [4.69, 9.17) is 27.9 Å². The number of aryl methyl sites for hydroxylation is 1. The Labute approximate surface area is 252 Å². The normalized spacial score (nSPS) is 12.1. The summed E-state index contributed by atoms with van der Waals surface area (Å²) in [6.07, 6.45) is 0. The van der Waals surface area contributed by atoms with Gasteiger partial charge in [-0.3, -0.25) is 13.9 Å². The molecule has 0 saturated heterocycles. The van der Waals surface area contributed by atoms with Gasteiger partial charge in [0, 0.05) is 23.1 Å². The molecule has 3 aromatic carbocycles. The Morgan fingerprint density at radius 2 is 1.63 bits per heavy atom. The Bertz CT molecular complexity index is 1480. The van der Waals surface area contributed by atoms with E-state index in [0.717, 1.165) is 9.87 Å². The van der Waals surface area contributed by atoms with E-state index in [0.29, 0.717) is 22.2 Å². The van der Waals surface area contributed by atoms with Crippen LogP contribution in [0.2, 0.25) is 10.0 Å². The summed E-state index contributed by atoms with van der Waals surface area (Å²) in [6, 6.07) is 16.8. The zero-order chi connectivity index (χ0) is 30.3. The zero-order valence-electron chi connectivity index (χ0n) is 23.7. The van der Waals surface area contributed by atoms with Crippen molar-refractivity contribution in [2.45, 2.75) is 45.2 Å². The highest BCUT2D eigenvalue weighted by Gasteiger charge is 2.34. The number of benzene rings is 3. The van der Waals surface area contributed by atoms with Gasteiger partial charge in [0.2, 0.25) is 11.8 Å². The minimum atomic E-state index is -4.22. The Balaban J connectivity index is 2.07. The number of nitrogens with zero attached hydrogens (tertiary/aromatic N) is 2. The number of methoxy groups -OCH3 is 1. The Morgan fingerprint density at radius 3 is 2.24 bits per heavy atom. The highest BCUT2D eigenvalue weighted by molar-refractivity contribution is 7.92. The van der Waals surface area contributed by atoms with Crippen LogP contribution in [0.15, 0.2) is 71.6 Å². The quantitative estimate of drug-likeness (QED) is 0.281. The van der Waals surface area contributed by atoms with Gasteiger partial charge in [0.05, 0.1) is 17.7 Å². The minimum absolute atomic E-state index is 0.0110. The third-order valence-electron chi connectivity index (χ3n) is 6.45. The van der Waals surface area contributed by atoms with Crippen molar-refractivity contribution < 1.29 is 22.7 Å². The second-order valence-corrected chi connectivity index (χ2v) is 12.8. The first-order chi connectivity index (χ1) is 19.3. The summed E-state index contributed by atoms with van der Waals surface area (Å²) in [5.41, 5.74) is 1.62. The first kappa shape index (κ1) is 32.2. The third kappa shape index (κ3) is 8.15. The van der Waals surface area contributed by atoms with Crippen molar-refractivity contribution in [1.29, 1.82) is 0 Å². The maximum absolute atomic E-state index is 14.1. The molecule has 1 N–H and O–H groups in total. The van der Waals surface area contributed by atoms with Crippen LogP contribution in [-0.4, -0.2) is 51.4 Å². The number of halogens is 2. The van der Waals surface area contributed by atoms with Crippen molar-refractivity contribution in [2.24, 2.45) is 5.92 Å². The molecular weight excluding hydrogens is 585 g/mol. The lowest BCUT2D eigenvalue weighted by Crippen LogP contribution is -2.51. The average molecular weight is 621 g/mol. The van der Waals surface area contributed by atoms with Crippen LogP contribution in [0.5, 0.6) is 5.75 Å². The van der Waals surface area contributed by atoms with Crippen molar-refractivity contribution in [3.05, 3.63) is 87.9 Å². The number of carbonyl (C=O) groups is 2. The first-order valence-electron chi connectivity index (χ1n) is 13.1. The molecule has 8 nitrogen and oxygen atoms in total. The predicted octanol–water partition coefficient (Wildman–Crippen LogP) is 5.70. The number of nitrogens with one attached hydrogen (secondary N) is 1. The second kappa shape index (κ2) is 14.1. The van der Waals surface area contributed by atoms with Crippen LogP contribution in [0.1, 0.15) is 31.9 Å². The molecule has 1 unspecified atom stereocenters. The van der Waals surface area contributed by atoms with Gasteiger partial charge in [-0.15, -0.1) is 0 Å². The molecule has 1 atom stereocenters. The van der Waals surface area contributed by atoms with Crippen molar-refractivity contribution >= 4 is 50.7 Å². The maximum Gasteiger partial charge on any atom is 0.264 e. The Hall–Kier alpha value is -3.27. The van der Waals surface area contributed by atoms with Crippen molar-refractivity contribution in [1.82, 2.24) is 10.2 Å². The van der Waals surface area contributed by atoms with Crippen LogP contribution in [0.25, 0.3) is 0 Å². The summed E-state index contributed by atoms with van der Waals surface area (Å²) < 4.78 is 34.4. The summed E-state index contributed by atoms with van der Waals surface area (Å²) >= 11 is 12.5. The molecular formula is C30H35Cl2N3O5S. The van der Waals surface area contributed by atoms with Gasteiger partial charge in [0.15, 0.2) is 0 Å². The van der Waals surface area contributed by atoms with E-state index in [-0.39, 0.29) is 34.7 Å². The molecule has 41 heavy (non-hydrogen) atoms. The van der Waals surface area contributed by atoms with Crippen molar-refractivity contribution in [3.63, 3.8) is 0 Å². The number of ether oxygens (including phenoxy) is 1. The van der Waals surface area contributed by atoms with Crippen molar-refractivity contribution in [3.8, 4) is 5.75 Å². The van der Waals surface area contributed by atoms with Gasteiger partial charge in [-0.2, -0.15) is 0 Å². The highest BCUT2D eigenvalue weighted by Crippen LogP contribution is 2.33. The van der Waals surface area contributed by atoms with E-state index in [1.165, 1.54) is 24.1 Å². The molecule has 3 aromatic rings. The van der Waals surface area contributed by atoms with E-state index in [2.05, 4.69) is 5.32 Å². The standard InChI is InChI=1S/C30H35Cl2N3O5S/c1-20(2)17-33-30(37)22(4)34(18-23-12-13-24(31)16-26(23)32)29(36)19-35(27-8-6-7-9-28(27)40-5)41(38,39)25-14-10-21(3)11-15-25/h6-16,20,22H,17-19H2,1-5H3,(H,33,37). The van der Waals surface area contributed by atoms with Gasteiger partial charge in [0.1, 0.15) is 18.3 Å². The minimum Gasteiger partial charge on any atom is -0.495 e. The van der Waals surface area contributed by atoms with Crippen LogP contribution >= 0.6 is 23.2 Å². The number of para-hydroxylation sites is 2. The first-order valence-corrected chi connectivity index (χ1v) is 15.3. The molecule has 0 aliphatic heterocycles. The molecule has 0 heterocycles. The zero-order valence-corrected chi connectivity index (χ0v) is 26.1. The van der Waals surface area contributed by atoms with E-state index in [1.54, 1.807) is 61.5 Å². The number of anilines is 1. The number of hydrogen-bond donors (Lipinski definition) is 1. The molecule has 0 fully saturated rings. The van der Waals surface area contributed by atoms with Gasteiger partial charge < -0.3 is 15.0 Å². The monoisotopic (exact) mass is 619 g/mol. The molecule has 11 heteroatoms. The van der Waals surface area contributed by atoms with Gasteiger partial charge >= 0.3 is 0 Å². The number of carbonyl (C=O) groups excluding carboxylic acids is 2. The molecule has 0 spiro atoms. The largest absolute Gasteiger partial charge is 0.495 e. The lowest BCUT2D eigenvalue weighted by molar-refractivity contribution is -0.139. The average Bonchev–Trinajstić information content (AvgIpc) is 2.93. The molecule has 2 amide bonds. The van der Waals surface area contributed by atoms with Gasteiger partial charge in [-0.1, -0.05) is 72.9 Å². The van der Waals surface area contributed by atoms with E-state index in [1.807, 2.05) is 20.8 Å². The van der Waals surface area contributed by atoms with Gasteiger partial charge in [-0.05, 0) is 61.7 Å². The Kier molecular flexibility index (Phi) is 11.1. The van der Waals surface area contributed by atoms with Gasteiger partial charge in [0.25, 0.3) is 10.0 Å². The number of sulfonamides is 1. The number of hydrogen-bond acceptors (Lipinski definition) is 5. The lowest BCUT2D eigenvalue weighted by Gasteiger charge is -2.32. The second-order valence-electron chi connectivity index (χ2n) is 10.1. The molecule has 0 aliphatic carbocycles. The summed E-state index contributed by atoms with van der Waals surface area (Å²) in [7, 11) is -2.80. The summed E-state index contributed by atoms with van der Waals surface area (Å²) in [4.78, 5) is 28.5. The van der Waals surface area contributed by atoms with E-state index < -0.39 is 28.5 Å². The predicted molar refractivity (Wildman–Crippen MR) is 163 cm³/mol. The Morgan fingerprint density at radius 1 is 0.976 bits per heavy atom. The number of rotatable bonds is 12. The molecule has 0 saturated carbocycles. The summed E-state index contributed by atoms with van der Waals surface area (Å²) in [5.74, 6) is -0.514.